The molecule has 0 radical (unpaired) electrons. The molecule has 2 heterocycles. The fourth-order valence-electron chi connectivity index (χ4n) is 2.30. The summed E-state index contributed by atoms with van der Waals surface area (Å²) in [5.41, 5.74) is 6.27. The Morgan fingerprint density at radius 2 is 1.96 bits per heavy atom. The second kappa shape index (κ2) is 8.86. The van der Waals surface area contributed by atoms with Crippen molar-refractivity contribution >= 4 is 52.3 Å². The summed E-state index contributed by atoms with van der Waals surface area (Å²) >= 11 is 1.54. The number of para-hydroxylation sites is 1. The molecule has 1 unspecified atom stereocenters. The standard InChI is InChI=1S/C18H21N3O2S.2ClH/c1-11(2)18(3,10-19)21-16(22)13-8-9-14(23-13)17-20-12-6-4-5-7-15(12)24-17;;/h4-9,11H,10,19H2,1-3H3,(H,21,22);2*1H. The zero-order chi connectivity index (χ0) is 17.3. The number of halogens is 2. The number of nitrogens with zero attached hydrogens (tertiary/aromatic N) is 1. The third kappa shape index (κ3) is 4.38. The molecule has 1 aromatic carbocycles. The van der Waals surface area contributed by atoms with Crippen molar-refractivity contribution in [2.75, 3.05) is 6.54 Å². The van der Waals surface area contributed by atoms with E-state index >= 15 is 0 Å². The van der Waals surface area contributed by atoms with Gasteiger partial charge in [0.15, 0.2) is 16.5 Å². The summed E-state index contributed by atoms with van der Waals surface area (Å²) in [5, 5.41) is 3.74. The highest BCUT2D eigenvalue weighted by molar-refractivity contribution is 7.21. The Balaban J connectivity index is 0.00000169. The van der Waals surface area contributed by atoms with Gasteiger partial charge in [-0.25, -0.2) is 4.98 Å². The van der Waals surface area contributed by atoms with Crippen LogP contribution in [0.2, 0.25) is 0 Å². The first-order valence-corrected chi connectivity index (χ1v) is 8.73. The van der Waals surface area contributed by atoms with E-state index in [0.29, 0.717) is 12.3 Å². The van der Waals surface area contributed by atoms with Crippen molar-refractivity contribution in [1.82, 2.24) is 10.3 Å². The third-order valence-electron chi connectivity index (χ3n) is 4.43. The van der Waals surface area contributed by atoms with Crippen molar-refractivity contribution in [1.29, 1.82) is 0 Å². The molecule has 0 fully saturated rings. The molecule has 0 aliphatic carbocycles. The number of carbonyl (C=O) groups is 1. The van der Waals surface area contributed by atoms with E-state index in [-0.39, 0.29) is 42.4 Å². The van der Waals surface area contributed by atoms with Crippen LogP contribution in [-0.4, -0.2) is 23.0 Å². The van der Waals surface area contributed by atoms with E-state index in [1.165, 1.54) is 0 Å². The van der Waals surface area contributed by atoms with Crippen LogP contribution in [-0.2, 0) is 0 Å². The van der Waals surface area contributed by atoms with Gasteiger partial charge in [-0.2, -0.15) is 0 Å². The van der Waals surface area contributed by atoms with Crippen LogP contribution in [0.5, 0.6) is 0 Å². The van der Waals surface area contributed by atoms with E-state index in [0.717, 1.165) is 15.2 Å². The third-order valence-corrected chi connectivity index (χ3v) is 5.48. The number of fused-ring (bicyclic) bond motifs is 1. The van der Waals surface area contributed by atoms with Gasteiger partial charge in [0.2, 0.25) is 0 Å². The smallest absolute Gasteiger partial charge is 0.287 e. The predicted octanol–water partition coefficient (Wildman–Crippen LogP) is 4.50. The molecule has 0 saturated carbocycles. The van der Waals surface area contributed by atoms with E-state index in [9.17, 15) is 4.79 Å². The lowest BCUT2D eigenvalue weighted by Gasteiger charge is -2.33. The Hall–Kier alpha value is -1.60. The van der Waals surface area contributed by atoms with E-state index in [4.69, 9.17) is 10.2 Å². The van der Waals surface area contributed by atoms with Crippen molar-refractivity contribution in [3.8, 4) is 10.8 Å². The van der Waals surface area contributed by atoms with Gasteiger partial charge in [0.1, 0.15) is 0 Å². The van der Waals surface area contributed by atoms with Crippen LogP contribution in [0.3, 0.4) is 0 Å². The zero-order valence-electron chi connectivity index (χ0n) is 14.8. The summed E-state index contributed by atoms with van der Waals surface area (Å²) in [5.74, 6) is 0.819. The number of nitrogens with one attached hydrogen (secondary N) is 1. The number of rotatable bonds is 5. The molecule has 8 heteroatoms. The number of benzene rings is 1. The molecule has 3 rings (SSSR count). The molecule has 142 valence electrons. The molecule has 0 aliphatic heterocycles. The van der Waals surface area contributed by atoms with Gasteiger partial charge < -0.3 is 15.5 Å². The number of amides is 1. The van der Waals surface area contributed by atoms with Crippen LogP contribution in [0.15, 0.2) is 40.8 Å². The molecular formula is C18H23Cl2N3O2S. The van der Waals surface area contributed by atoms with E-state index in [1.54, 1.807) is 23.5 Å². The van der Waals surface area contributed by atoms with Gasteiger partial charge >= 0.3 is 0 Å². The van der Waals surface area contributed by atoms with Crippen LogP contribution in [0.4, 0.5) is 0 Å². The van der Waals surface area contributed by atoms with Gasteiger partial charge in [-0.05, 0) is 37.1 Å². The fraction of sp³-hybridized carbons (Fsp3) is 0.333. The molecule has 0 saturated heterocycles. The van der Waals surface area contributed by atoms with Crippen molar-refractivity contribution in [2.24, 2.45) is 11.7 Å². The maximum atomic E-state index is 12.5. The van der Waals surface area contributed by atoms with Gasteiger partial charge in [-0.1, -0.05) is 26.0 Å². The molecule has 5 nitrogen and oxygen atoms in total. The maximum absolute atomic E-state index is 12.5. The molecule has 2 aromatic heterocycles. The van der Waals surface area contributed by atoms with Crippen molar-refractivity contribution in [2.45, 2.75) is 26.3 Å². The lowest BCUT2D eigenvalue weighted by molar-refractivity contribution is 0.0855. The number of hydrogen-bond acceptors (Lipinski definition) is 5. The number of furan rings is 1. The summed E-state index contributed by atoms with van der Waals surface area (Å²) in [6.45, 7) is 6.36. The van der Waals surface area contributed by atoms with Crippen LogP contribution < -0.4 is 11.1 Å². The molecular weight excluding hydrogens is 393 g/mol. The summed E-state index contributed by atoms with van der Waals surface area (Å²) < 4.78 is 6.81. The molecule has 0 bridgehead atoms. The first-order chi connectivity index (χ1) is 11.4. The zero-order valence-corrected chi connectivity index (χ0v) is 17.3. The van der Waals surface area contributed by atoms with Crippen LogP contribution in [0, 0.1) is 5.92 Å². The maximum Gasteiger partial charge on any atom is 0.287 e. The number of thiazole rings is 1. The predicted molar refractivity (Wildman–Crippen MR) is 112 cm³/mol. The van der Waals surface area contributed by atoms with Gasteiger partial charge in [0.05, 0.1) is 15.8 Å². The SMILES string of the molecule is CC(C)C(C)(CN)NC(=O)c1ccc(-c2nc3ccccc3s2)o1.Cl.Cl. The van der Waals surface area contributed by atoms with Crippen LogP contribution in [0.25, 0.3) is 21.0 Å². The molecule has 1 amide bonds. The van der Waals surface area contributed by atoms with E-state index in [2.05, 4.69) is 10.3 Å². The van der Waals surface area contributed by atoms with Crippen molar-refractivity contribution in [3.63, 3.8) is 0 Å². The molecule has 0 aliphatic rings. The average molecular weight is 416 g/mol. The number of carbonyl (C=O) groups excluding carboxylic acids is 1. The van der Waals surface area contributed by atoms with Crippen molar-refractivity contribution < 1.29 is 9.21 Å². The highest BCUT2D eigenvalue weighted by atomic mass is 35.5. The Morgan fingerprint density at radius 3 is 2.58 bits per heavy atom. The van der Waals surface area contributed by atoms with Gasteiger partial charge in [-0.15, -0.1) is 36.2 Å². The Bertz CT molecular complexity index is 845. The quantitative estimate of drug-likeness (QED) is 0.642. The Kier molecular flexibility index (Phi) is 7.65. The second-order valence-corrected chi connectivity index (χ2v) is 7.41. The molecule has 26 heavy (non-hydrogen) atoms. The van der Waals surface area contributed by atoms with Gasteiger partial charge in [0, 0.05) is 6.54 Å². The largest absolute Gasteiger partial charge is 0.448 e. The first kappa shape index (κ1) is 22.4. The van der Waals surface area contributed by atoms with E-state index < -0.39 is 5.54 Å². The van der Waals surface area contributed by atoms with Gasteiger partial charge in [0.25, 0.3) is 5.91 Å². The molecule has 0 spiro atoms. The van der Waals surface area contributed by atoms with Crippen LogP contribution >= 0.6 is 36.2 Å². The lowest BCUT2D eigenvalue weighted by atomic mass is 9.88. The minimum atomic E-state index is -0.472. The highest BCUT2D eigenvalue weighted by Crippen LogP contribution is 2.31. The number of hydrogen-bond donors (Lipinski definition) is 2. The molecule has 3 N–H and O–H groups in total. The first-order valence-electron chi connectivity index (χ1n) is 7.91. The lowest BCUT2D eigenvalue weighted by Crippen LogP contribution is -2.54. The monoisotopic (exact) mass is 415 g/mol. The summed E-state index contributed by atoms with van der Waals surface area (Å²) in [6, 6.07) is 11.4. The summed E-state index contributed by atoms with van der Waals surface area (Å²) in [7, 11) is 0. The summed E-state index contributed by atoms with van der Waals surface area (Å²) in [6.07, 6.45) is 0. The second-order valence-electron chi connectivity index (χ2n) is 6.38. The number of aromatic nitrogens is 1. The minimum absolute atomic E-state index is 0. The summed E-state index contributed by atoms with van der Waals surface area (Å²) in [4.78, 5) is 17.0. The van der Waals surface area contributed by atoms with E-state index in [1.807, 2.05) is 45.0 Å². The highest BCUT2D eigenvalue weighted by Gasteiger charge is 2.30. The van der Waals surface area contributed by atoms with Crippen molar-refractivity contribution in [3.05, 3.63) is 42.2 Å². The topological polar surface area (TPSA) is 81.1 Å². The Morgan fingerprint density at radius 1 is 1.27 bits per heavy atom. The fourth-order valence-corrected chi connectivity index (χ4v) is 3.23. The molecule has 3 aromatic rings. The number of nitrogens with two attached hydrogens (primary N) is 1. The van der Waals surface area contributed by atoms with Crippen LogP contribution in [0.1, 0.15) is 31.3 Å². The Labute approximate surface area is 169 Å². The molecule has 1 atom stereocenters. The average Bonchev–Trinajstić information content (AvgIpc) is 3.20. The normalized spacial score (nSPS) is 13.0. The minimum Gasteiger partial charge on any atom is -0.448 e. The van der Waals surface area contributed by atoms with Gasteiger partial charge in [-0.3, -0.25) is 4.79 Å².